The Balaban J connectivity index is 2.20. The number of rotatable bonds is 7. The lowest BCUT2D eigenvalue weighted by atomic mass is 10.1. The molecule has 0 bridgehead atoms. The minimum Gasteiger partial charge on any atom is -0.486 e. The van der Waals surface area contributed by atoms with Crippen molar-refractivity contribution in [2.75, 3.05) is 5.32 Å². The molecule has 144 valence electrons. The molecule has 0 unspecified atom stereocenters. The van der Waals surface area contributed by atoms with Gasteiger partial charge in [0.15, 0.2) is 5.82 Å². The normalized spacial score (nSPS) is 10.6. The number of ether oxygens (including phenoxy) is 1. The van der Waals surface area contributed by atoms with Crippen LogP contribution in [0.1, 0.15) is 30.0 Å². The molecule has 27 heavy (non-hydrogen) atoms. The number of aliphatic carboxylic acids is 1. The van der Waals surface area contributed by atoms with Crippen LogP contribution in [0.5, 0.6) is 5.75 Å². The van der Waals surface area contributed by atoms with E-state index in [0.29, 0.717) is 26.7 Å². The fraction of sp³-hybridized carbons (Fsp3) is 0.263. The second-order valence-corrected chi connectivity index (χ2v) is 7.75. The first-order chi connectivity index (χ1) is 12.7. The number of hydrogen-bond donors (Lipinski definition) is 2. The number of carbonyl (C=O) groups is 2. The summed E-state index contributed by atoms with van der Waals surface area (Å²) in [4.78, 5) is 21.9. The molecule has 0 spiro atoms. The summed E-state index contributed by atoms with van der Waals surface area (Å²) in [6, 6.07) is 6.77. The fourth-order valence-electron chi connectivity index (χ4n) is 2.53. The summed E-state index contributed by atoms with van der Waals surface area (Å²) in [5.74, 6) is -1.28. The number of carbonyl (C=O) groups excluding carboxylic acids is 1. The molecule has 0 heterocycles. The molecule has 2 N–H and O–H groups in total. The molecule has 0 aliphatic heterocycles. The summed E-state index contributed by atoms with van der Waals surface area (Å²) in [6.45, 7) is 3.08. The zero-order valence-corrected chi connectivity index (χ0v) is 17.9. The summed E-state index contributed by atoms with van der Waals surface area (Å²) in [5, 5.41) is 11.3. The van der Waals surface area contributed by atoms with E-state index in [4.69, 9.17) is 9.84 Å². The number of anilines is 1. The number of carboxylic acids is 1. The fourth-order valence-corrected chi connectivity index (χ4v) is 4.04. The lowest BCUT2D eigenvalue weighted by Crippen LogP contribution is -2.10. The van der Waals surface area contributed by atoms with Gasteiger partial charge in [0.05, 0.1) is 14.6 Å². The van der Waals surface area contributed by atoms with Gasteiger partial charge >= 0.3 is 5.97 Å². The van der Waals surface area contributed by atoms with Gasteiger partial charge in [-0.05, 0) is 80.6 Å². The van der Waals surface area contributed by atoms with E-state index in [9.17, 15) is 14.0 Å². The molecular formula is C19H18Br2FNO4. The molecule has 0 saturated heterocycles. The molecule has 0 aliphatic carbocycles. The van der Waals surface area contributed by atoms with Crippen LogP contribution in [0, 0.1) is 12.7 Å². The third-order valence-electron chi connectivity index (χ3n) is 3.66. The van der Waals surface area contributed by atoms with Crippen LogP contribution in [0.4, 0.5) is 10.1 Å². The predicted octanol–water partition coefficient (Wildman–Crippen LogP) is 5.21. The van der Waals surface area contributed by atoms with E-state index in [2.05, 4.69) is 37.2 Å². The first-order valence-electron chi connectivity index (χ1n) is 8.06. The van der Waals surface area contributed by atoms with Crippen molar-refractivity contribution in [3.63, 3.8) is 0 Å². The Morgan fingerprint density at radius 2 is 1.81 bits per heavy atom. The number of carboxylic acid groups (broad SMARTS) is 1. The molecule has 0 saturated carbocycles. The molecule has 0 radical (unpaired) electrons. The van der Waals surface area contributed by atoms with E-state index in [0.717, 1.165) is 11.1 Å². The standard InChI is InChI=1S/C19H18Br2FNO4/c1-10-5-13(18(22)16(6-10)23-11(2)24)9-27-19-14(20)7-12(8-15(19)21)3-4-17(25)26/h5-8H,3-4,9H2,1-2H3,(H,23,24)(H,25,26). The second kappa shape index (κ2) is 9.32. The van der Waals surface area contributed by atoms with Crippen LogP contribution in [0.3, 0.4) is 0 Å². The maximum atomic E-state index is 14.6. The van der Waals surface area contributed by atoms with E-state index in [1.165, 1.54) is 6.92 Å². The van der Waals surface area contributed by atoms with Gasteiger partial charge in [0.1, 0.15) is 12.4 Å². The summed E-state index contributed by atoms with van der Waals surface area (Å²) < 4.78 is 21.6. The van der Waals surface area contributed by atoms with Crippen molar-refractivity contribution in [1.82, 2.24) is 0 Å². The first kappa shape index (κ1) is 21.4. The van der Waals surface area contributed by atoms with Crippen LogP contribution in [0.15, 0.2) is 33.2 Å². The highest BCUT2D eigenvalue weighted by atomic mass is 79.9. The van der Waals surface area contributed by atoms with Gasteiger partial charge in [-0.2, -0.15) is 0 Å². The van der Waals surface area contributed by atoms with Gasteiger partial charge in [-0.25, -0.2) is 4.39 Å². The number of hydrogen-bond acceptors (Lipinski definition) is 3. The number of aryl methyl sites for hydroxylation is 2. The molecule has 8 heteroatoms. The molecule has 1 amide bonds. The average molecular weight is 503 g/mol. The summed E-state index contributed by atoms with van der Waals surface area (Å²) in [5.41, 5.74) is 2.05. The van der Waals surface area contributed by atoms with Gasteiger partial charge in [0, 0.05) is 18.9 Å². The Hall–Kier alpha value is -1.93. The molecule has 0 aromatic heterocycles. The second-order valence-electron chi connectivity index (χ2n) is 6.04. The summed E-state index contributed by atoms with van der Waals surface area (Å²) in [7, 11) is 0. The maximum absolute atomic E-state index is 14.6. The van der Waals surface area contributed by atoms with Crippen molar-refractivity contribution in [3.05, 3.63) is 55.7 Å². The molecule has 2 rings (SSSR count). The maximum Gasteiger partial charge on any atom is 0.303 e. The van der Waals surface area contributed by atoms with Gasteiger partial charge in [-0.3, -0.25) is 9.59 Å². The molecular weight excluding hydrogens is 485 g/mol. The minimum atomic E-state index is -0.868. The van der Waals surface area contributed by atoms with Crippen LogP contribution >= 0.6 is 31.9 Å². The van der Waals surface area contributed by atoms with Crippen molar-refractivity contribution in [3.8, 4) is 5.75 Å². The van der Waals surface area contributed by atoms with Gasteiger partial charge < -0.3 is 15.2 Å². The monoisotopic (exact) mass is 501 g/mol. The van der Waals surface area contributed by atoms with E-state index in [-0.39, 0.29) is 24.6 Å². The molecule has 5 nitrogen and oxygen atoms in total. The Morgan fingerprint density at radius 3 is 2.37 bits per heavy atom. The topological polar surface area (TPSA) is 75.6 Å². The first-order valence-corrected chi connectivity index (χ1v) is 9.65. The third kappa shape index (κ3) is 6.04. The minimum absolute atomic E-state index is 0.0273. The average Bonchev–Trinajstić information content (AvgIpc) is 2.55. The van der Waals surface area contributed by atoms with Crippen molar-refractivity contribution in [2.45, 2.75) is 33.3 Å². The third-order valence-corrected chi connectivity index (χ3v) is 4.84. The Kier molecular flexibility index (Phi) is 7.38. The van der Waals surface area contributed by atoms with E-state index in [1.807, 2.05) is 0 Å². The van der Waals surface area contributed by atoms with Crippen LogP contribution < -0.4 is 10.1 Å². The summed E-state index contributed by atoms with van der Waals surface area (Å²) in [6.07, 6.45) is 0.416. The number of halogens is 3. The number of nitrogens with one attached hydrogen (secondary N) is 1. The van der Waals surface area contributed by atoms with Crippen molar-refractivity contribution in [1.29, 1.82) is 0 Å². The Labute approximate surface area is 173 Å². The van der Waals surface area contributed by atoms with Crippen molar-refractivity contribution >= 4 is 49.4 Å². The zero-order chi connectivity index (χ0) is 20.1. The molecule has 2 aromatic carbocycles. The lowest BCUT2D eigenvalue weighted by molar-refractivity contribution is -0.137. The molecule has 0 fully saturated rings. The zero-order valence-electron chi connectivity index (χ0n) is 14.7. The largest absolute Gasteiger partial charge is 0.486 e. The lowest BCUT2D eigenvalue weighted by Gasteiger charge is -2.14. The van der Waals surface area contributed by atoms with Crippen LogP contribution in [0.2, 0.25) is 0 Å². The van der Waals surface area contributed by atoms with Crippen molar-refractivity contribution in [2.24, 2.45) is 0 Å². The Morgan fingerprint density at radius 1 is 1.19 bits per heavy atom. The van der Waals surface area contributed by atoms with Crippen LogP contribution in [-0.2, 0) is 22.6 Å². The van der Waals surface area contributed by atoms with E-state index >= 15 is 0 Å². The van der Waals surface area contributed by atoms with Crippen LogP contribution in [-0.4, -0.2) is 17.0 Å². The van der Waals surface area contributed by atoms with Gasteiger partial charge in [0.2, 0.25) is 5.91 Å². The van der Waals surface area contributed by atoms with E-state index in [1.54, 1.807) is 31.2 Å². The number of benzene rings is 2. The van der Waals surface area contributed by atoms with E-state index < -0.39 is 11.8 Å². The smallest absolute Gasteiger partial charge is 0.303 e. The molecule has 0 aliphatic rings. The van der Waals surface area contributed by atoms with Gasteiger partial charge in [-0.1, -0.05) is 0 Å². The highest BCUT2D eigenvalue weighted by Crippen LogP contribution is 2.36. The van der Waals surface area contributed by atoms with Gasteiger partial charge in [-0.15, -0.1) is 0 Å². The Bertz CT molecular complexity index is 863. The van der Waals surface area contributed by atoms with Crippen molar-refractivity contribution < 1.29 is 23.8 Å². The van der Waals surface area contributed by atoms with Gasteiger partial charge in [0.25, 0.3) is 0 Å². The van der Waals surface area contributed by atoms with Crippen LogP contribution in [0.25, 0.3) is 0 Å². The highest BCUT2D eigenvalue weighted by molar-refractivity contribution is 9.11. The SMILES string of the molecule is CC(=O)Nc1cc(C)cc(COc2c(Br)cc(CCC(=O)O)cc2Br)c1F. The highest BCUT2D eigenvalue weighted by Gasteiger charge is 2.14. The quantitative estimate of drug-likeness (QED) is 0.544. The molecule has 2 aromatic rings. The number of amides is 1. The summed E-state index contributed by atoms with van der Waals surface area (Å²) >= 11 is 6.81. The predicted molar refractivity (Wildman–Crippen MR) is 108 cm³/mol. The molecule has 0 atom stereocenters.